The molecule has 146 valence electrons. The summed E-state index contributed by atoms with van der Waals surface area (Å²) in [5, 5.41) is 3.03. The van der Waals surface area contributed by atoms with Crippen LogP contribution in [0.5, 0.6) is 0 Å². The number of carbonyl (C=O) groups is 1. The van der Waals surface area contributed by atoms with Crippen LogP contribution in [-0.4, -0.2) is 37.0 Å². The molecule has 0 aliphatic carbocycles. The number of nitrogens with one attached hydrogen (secondary N) is 1. The lowest BCUT2D eigenvalue weighted by atomic mass is 10.1. The van der Waals surface area contributed by atoms with Crippen molar-refractivity contribution < 1.29 is 4.79 Å². The fraction of sp³-hybridized carbons (Fsp3) is 0.435. The molecule has 0 unspecified atom stereocenters. The second-order valence-electron chi connectivity index (χ2n) is 7.26. The largest absolute Gasteiger partial charge is 0.369 e. The molecule has 4 heteroatoms. The second-order valence-corrected chi connectivity index (χ2v) is 7.26. The van der Waals surface area contributed by atoms with E-state index < -0.39 is 0 Å². The van der Waals surface area contributed by atoms with Gasteiger partial charge in [-0.3, -0.25) is 4.79 Å². The third kappa shape index (κ3) is 6.10. The van der Waals surface area contributed by atoms with Crippen molar-refractivity contribution in [1.82, 2.24) is 10.2 Å². The number of nitrogens with zero attached hydrogens (tertiary/aromatic N) is 2. The van der Waals surface area contributed by atoms with E-state index in [0.717, 1.165) is 30.9 Å². The quantitative estimate of drug-likeness (QED) is 0.718. The van der Waals surface area contributed by atoms with Crippen LogP contribution in [0, 0.1) is 0 Å². The lowest BCUT2D eigenvalue weighted by Crippen LogP contribution is -2.30. The van der Waals surface area contributed by atoms with Crippen LogP contribution in [0.3, 0.4) is 0 Å². The molecule has 0 heterocycles. The molecule has 4 nitrogen and oxygen atoms in total. The van der Waals surface area contributed by atoms with Gasteiger partial charge < -0.3 is 15.1 Å². The highest BCUT2D eigenvalue weighted by atomic mass is 16.1. The normalized spacial score (nSPS) is 11.1. The topological polar surface area (TPSA) is 35.6 Å². The Bertz CT molecular complexity index is 725. The zero-order valence-corrected chi connectivity index (χ0v) is 17.3. The highest BCUT2D eigenvalue weighted by molar-refractivity contribution is 5.94. The Morgan fingerprint density at radius 1 is 1.00 bits per heavy atom. The zero-order valence-electron chi connectivity index (χ0n) is 17.3. The third-order valence-electron chi connectivity index (χ3n) is 4.86. The maximum absolute atomic E-state index is 12.5. The van der Waals surface area contributed by atoms with Crippen molar-refractivity contribution in [2.75, 3.05) is 25.0 Å². The first kappa shape index (κ1) is 21.0. The van der Waals surface area contributed by atoms with E-state index in [-0.39, 0.29) is 5.91 Å². The zero-order chi connectivity index (χ0) is 19.8. The van der Waals surface area contributed by atoms with Crippen LogP contribution in [0.15, 0.2) is 48.5 Å². The lowest BCUT2D eigenvalue weighted by molar-refractivity contribution is 0.0951. The molecule has 0 spiro atoms. The molecule has 2 aromatic rings. The van der Waals surface area contributed by atoms with Gasteiger partial charge in [-0.2, -0.15) is 0 Å². The average molecular weight is 368 g/mol. The van der Waals surface area contributed by atoms with E-state index in [1.807, 2.05) is 24.3 Å². The third-order valence-corrected chi connectivity index (χ3v) is 4.86. The van der Waals surface area contributed by atoms with Gasteiger partial charge in [-0.25, -0.2) is 0 Å². The Hall–Kier alpha value is -2.33. The molecule has 0 bridgehead atoms. The second kappa shape index (κ2) is 10.1. The monoisotopic (exact) mass is 367 g/mol. The van der Waals surface area contributed by atoms with Gasteiger partial charge in [-0.05, 0) is 69.8 Å². The summed E-state index contributed by atoms with van der Waals surface area (Å²) >= 11 is 0. The van der Waals surface area contributed by atoms with Crippen molar-refractivity contribution in [1.29, 1.82) is 0 Å². The summed E-state index contributed by atoms with van der Waals surface area (Å²) in [5.74, 6) is -0.0368. The number of benzene rings is 2. The predicted octanol–water partition coefficient (Wildman–Crippen LogP) is 4.30. The standard InChI is InChI=1S/C23H33N3O/c1-6-25(5)17-20-10-8-9-19(15-20)16-24-23(27)21-11-13-22(14-12-21)26(7-2)18(3)4/h8-15,18H,6-7,16-17H2,1-5H3,(H,24,27). The summed E-state index contributed by atoms with van der Waals surface area (Å²) in [6.45, 7) is 12.1. The first-order chi connectivity index (χ1) is 12.9. The SMILES string of the molecule is CCN(C)Cc1cccc(CNC(=O)c2ccc(N(CC)C(C)C)cc2)c1. The van der Waals surface area contributed by atoms with Crippen molar-refractivity contribution in [3.8, 4) is 0 Å². The number of hydrogen-bond donors (Lipinski definition) is 1. The van der Waals surface area contributed by atoms with Gasteiger partial charge in [-0.15, -0.1) is 0 Å². The van der Waals surface area contributed by atoms with E-state index >= 15 is 0 Å². The van der Waals surface area contributed by atoms with Crippen LogP contribution in [0.1, 0.15) is 49.2 Å². The van der Waals surface area contributed by atoms with Gasteiger partial charge in [-0.1, -0.05) is 31.2 Å². The minimum Gasteiger partial charge on any atom is -0.369 e. The van der Waals surface area contributed by atoms with Gasteiger partial charge in [0.15, 0.2) is 0 Å². The molecular weight excluding hydrogens is 334 g/mol. The first-order valence-corrected chi connectivity index (χ1v) is 9.85. The summed E-state index contributed by atoms with van der Waals surface area (Å²) in [5.41, 5.74) is 4.24. The summed E-state index contributed by atoms with van der Waals surface area (Å²) in [4.78, 5) is 17.0. The number of amides is 1. The molecule has 0 fully saturated rings. The molecular formula is C23H33N3O. The maximum atomic E-state index is 12.5. The minimum absolute atomic E-state index is 0.0368. The van der Waals surface area contributed by atoms with E-state index in [1.54, 1.807) is 0 Å². The molecule has 27 heavy (non-hydrogen) atoms. The molecule has 0 saturated carbocycles. The van der Waals surface area contributed by atoms with Gasteiger partial charge in [0.1, 0.15) is 0 Å². The van der Waals surface area contributed by atoms with Gasteiger partial charge in [0.2, 0.25) is 0 Å². The van der Waals surface area contributed by atoms with Crippen LogP contribution in [0.4, 0.5) is 5.69 Å². The number of anilines is 1. The van der Waals surface area contributed by atoms with Crippen molar-refractivity contribution in [2.45, 2.75) is 46.8 Å². The fourth-order valence-corrected chi connectivity index (χ4v) is 3.20. The van der Waals surface area contributed by atoms with E-state index in [0.29, 0.717) is 18.2 Å². The Morgan fingerprint density at radius 2 is 1.67 bits per heavy atom. The number of carbonyl (C=O) groups excluding carboxylic acids is 1. The van der Waals surface area contributed by atoms with Crippen molar-refractivity contribution in [3.05, 3.63) is 65.2 Å². The van der Waals surface area contributed by atoms with Crippen molar-refractivity contribution >= 4 is 11.6 Å². The minimum atomic E-state index is -0.0368. The number of hydrogen-bond acceptors (Lipinski definition) is 3. The van der Waals surface area contributed by atoms with Crippen LogP contribution in [0.25, 0.3) is 0 Å². The summed E-state index contributed by atoms with van der Waals surface area (Å²) in [6.07, 6.45) is 0. The Kier molecular flexibility index (Phi) is 7.86. The van der Waals surface area contributed by atoms with E-state index in [4.69, 9.17) is 0 Å². The molecule has 0 saturated heterocycles. The molecule has 0 atom stereocenters. The predicted molar refractivity (Wildman–Crippen MR) is 114 cm³/mol. The van der Waals surface area contributed by atoms with Gasteiger partial charge in [0.05, 0.1) is 0 Å². The molecule has 2 rings (SSSR count). The number of rotatable bonds is 9. The van der Waals surface area contributed by atoms with Gasteiger partial charge >= 0.3 is 0 Å². The van der Waals surface area contributed by atoms with Crippen LogP contribution >= 0.6 is 0 Å². The molecule has 0 aliphatic rings. The van der Waals surface area contributed by atoms with E-state index in [1.165, 1.54) is 5.56 Å². The van der Waals surface area contributed by atoms with Crippen molar-refractivity contribution in [3.63, 3.8) is 0 Å². The molecule has 0 radical (unpaired) electrons. The summed E-state index contributed by atoms with van der Waals surface area (Å²) < 4.78 is 0. The van der Waals surface area contributed by atoms with Crippen LogP contribution in [-0.2, 0) is 13.1 Å². The van der Waals surface area contributed by atoms with Crippen molar-refractivity contribution in [2.24, 2.45) is 0 Å². The molecule has 0 aromatic heterocycles. The smallest absolute Gasteiger partial charge is 0.251 e. The Morgan fingerprint density at radius 3 is 2.26 bits per heavy atom. The van der Waals surface area contributed by atoms with Gasteiger partial charge in [0, 0.05) is 36.9 Å². The summed E-state index contributed by atoms with van der Waals surface area (Å²) in [7, 11) is 2.11. The van der Waals surface area contributed by atoms with E-state index in [2.05, 4.69) is 74.1 Å². The molecule has 0 aliphatic heterocycles. The molecule has 2 aromatic carbocycles. The Labute approximate surface area is 164 Å². The van der Waals surface area contributed by atoms with Crippen LogP contribution in [0.2, 0.25) is 0 Å². The molecule has 1 amide bonds. The highest BCUT2D eigenvalue weighted by Gasteiger charge is 2.10. The first-order valence-electron chi connectivity index (χ1n) is 9.85. The maximum Gasteiger partial charge on any atom is 0.251 e. The lowest BCUT2D eigenvalue weighted by Gasteiger charge is -2.27. The Balaban J connectivity index is 1.97. The van der Waals surface area contributed by atoms with E-state index in [9.17, 15) is 4.79 Å². The highest BCUT2D eigenvalue weighted by Crippen LogP contribution is 2.18. The molecule has 1 N–H and O–H groups in total. The van der Waals surface area contributed by atoms with Crippen LogP contribution < -0.4 is 10.2 Å². The van der Waals surface area contributed by atoms with Gasteiger partial charge in [0.25, 0.3) is 5.91 Å². The fourth-order valence-electron chi connectivity index (χ4n) is 3.20. The average Bonchev–Trinajstić information content (AvgIpc) is 2.67. The summed E-state index contributed by atoms with van der Waals surface area (Å²) in [6, 6.07) is 16.7.